The van der Waals surface area contributed by atoms with Crippen molar-refractivity contribution in [2.45, 2.75) is 30.7 Å². The van der Waals surface area contributed by atoms with E-state index in [9.17, 15) is 0 Å². The number of hydrogen-bond acceptors (Lipinski definition) is 4. The van der Waals surface area contributed by atoms with E-state index in [4.69, 9.17) is 9.15 Å². The molecule has 0 amide bonds. The minimum atomic E-state index is 0.250. The van der Waals surface area contributed by atoms with Gasteiger partial charge in [-0.1, -0.05) is 18.2 Å². The molecular weight excluding hydrogens is 270 g/mol. The molecule has 20 heavy (non-hydrogen) atoms. The smallest absolute Gasteiger partial charge is 0.134 e. The number of benzene rings is 1. The van der Waals surface area contributed by atoms with Crippen molar-refractivity contribution in [3.63, 3.8) is 0 Å². The minimum Gasteiger partial charge on any atom is -0.459 e. The van der Waals surface area contributed by atoms with Gasteiger partial charge in [-0.2, -0.15) is 11.8 Å². The summed E-state index contributed by atoms with van der Waals surface area (Å²) in [6, 6.07) is 10.6. The van der Waals surface area contributed by atoms with Crippen molar-refractivity contribution in [1.82, 2.24) is 5.32 Å². The average Bonchev–Trinajstić information content (AvgIpc) is 3.06. The van der Waals surface area contributed by atoms with Gasteiger partial charge in [-0.15, -0.1) is 0 Å². The first-order valence-electron chi connectivity index (χ1n) is 7.17. The number of furan rings is 1. The molecule has 0 spiro atoms. The molecule has 1 aliphatic rings. The molecule has 3 rings (SSSR count). The van der Waals surface area contributed by atoms with E-state index in [1.54, 1.807) is 0 Å². The highest BCUT2D eigenvalue weighted by Gasteiger charge is 2.26. The second-order valence-corrected chi connectivity index (χ2v) is 6.54. The molecule has 2 heterocycles. The van der Waals surface area contributed by atoms with Crippen LogP contribution in [-0.4, -0.2) is 30.8 Å². The number of para-hydroxylation sites is 1. The third-order valence-electron chi connectivity index (χ3n) is 3.92. The fourth-order valence-corrected chi connectivity index (χ4v) is 4.02. The van der Waals surface area contributed by atoms with Crippen molar-refractivity contribution < 1.29 is 9.15 Å². The van der Waals surface area contributed by atoms with E-state index in [1.807, 2.05) is 37.0 Å². The topological polar surface area (TPSA) is 34.4 Å². The Balaban J connectivity index is 1.69. The Labute approximate surface area is 124 Å². The molecule has 1 aromatic heterocycles. The lowest BCUT2D eigenvalue weighted by Gasteiger charge is -2.18. The summed E-state index contributed by atoms with van der Waals surface area (Å²) in [5.74, 6) is 2.03. The predicted octanol–water partition coefficient (Wildman–Crippen LogP) is 3.60. The molecule has 0 bridgehead atoms. The molecule has 2 aromatic rings. The van der Waals surface area contributed by atoms with Crippen LogP contribution in [0.25, 0.3) is 11.0 Å². The van der Waals surface area contributed by atoms with Crippen molar-refractivity contribution in [2.75, 3.05) is 19.4 Å². The Morgan fingerprint density at radius 1 is 1.40 bits per heavy atom. The van der Waals surface area contributed by atoms with Crippen LogP contribution in [0, 0.1) is 0 Å². The van der Waals surface area contributed by atoms with E-state index in [-0.39, 0.29) is 6.04 Å². The Bertz CT molecular complexity index is 535. The Morgan fingerprint density at radius 2 is 2.25 bits per heavy atom. The van der Waals surface area contributed by atoms with Gasteiger partial charge in [0.05, 0.1) is 12.1 Å². The van der Waals surface area contributed by atoms with E-state index in [2.05, 4.69) is 24.4 Å². The predicted molar refractivity (Wildman–Crippen MR) is 84.3 cm³/mol. The highest BCUT2D eigenvalue weighted by molar-refractivity contribution is 8.00. The van der Waals surface area contributed by atoms with E-state index in [1.165, 1.54) is 5.39 Å². The first-order chi connectivity index (χ1) is 9.78. The SMILES string of the molecule is CNC(CSC1CCOC1C)c1cc2ccccc2o1. The summed E-state index contributed by atoms with van der Waals surface area (Å²) >= 11 is 1.98. The maximum atomic E-state index is 5.96. The monoisotopic (exact) mass is 291 g/mol. The number of nitrogens with one attached hydrogen (secondary N) is 1. The number of thioether (sulfide) groups is 1. The van der Waals surface area contributed by atoms with Gasteiger partial charge in [0, 0.05) is 23.0 Å². The van der Waals surface area contributed by atoms with Crippen LogP contribution in [-0.2, 0) is 4.74 Å². The summed E-state index contributed by atoms with van der Waals surface area (Å²) in [6.07, 6.45) is 1.52. The van der Waals surface area contributed by atoms with Crippen molar-refractivity contribution >= 4 is 22.7 Å². The van der Waals surface area contributed by atoms with Gasteiger partial charge in [-0.3, -0.25) is 0 Å². The molecule has 4 heteroatoms. The zero-order valence-corrected chi connectivity index (χ0v) is 12.8. The van der Waals surface area contributed by atoms with Gasteiger partial charge in [0.25, 0.3) is 0 Å². The number of hydrogen-bond donors (Lipinski definition) is 1. The van der Waals surface area contributed by atoms with Gasteiger partial charge in [0.15, 0.2) is 0 Å². The highest BCUT2D eigenvalue weighted by Crippen LogP contribution is 2.31. The molecule has 0 radical (unpaired) electrons. The molecule has 0 aliphatic carbocycles. The molecule has 1 aromatic carbocycles. The highest BCUT2D eigenvalue weighted by atomic mass is 32.2. The maximum absolute atomic E-state index is 5.96. The van der Waals surface area contributed by atoms with Crippen LogP contribution in [0.1, 0.15) is 25.1 Å². The molecule has 3 unspecified atom stereocenters. The van der Waals surface area contributed by atoms with Crippen molar-refractivity contribution in [2.24, 2.45) is 0 Å². The van der Waals surface area contributed by atoms with Crippen LogP contribution >= 0.6 is 11.8 Å². The zero-order chi connectivity index (χ0) is 13.9. The molecule has 0 saturated carbocycles. The second kappa shape index (κ2) is 6.20. The maximum Gasteiger partial charge on any atom is 0.134 e. The van der Waals surface area contributed by atoms with Crippen LogP contribution in [0.4, 0.5) is 0 Å². The molecule has 3 nitrogen and oxygen atoms in total. The van der Waals surface area contributed by atoms with Gasteiger partial charge in [0.1, 0.15) is 11.3 Å². The van der Waals surface area contributed by atoms with Gasteiger partial charge in [-0.25, -0.2) is 0 Å². The summed E-state index contributed by atoms with van der Waals surface area (Å²) in [4.78, 5) is 0. The minimum absolute atomic E-state index is 0.250. The summed E-state index contributed by atoms with van der Waals surface area (Å²) in [6.45, 7) is 3.06. The van der Waals surface area contributed by atoms with Crippen LogP contribution in [0.5, 0.6) is 0 Å². The number of ether oxygens (including phenoxy) is 1. The van der Waals surface area contributed by atoms with E-state index in [0.29, 0.717) is 11.4 Å². The van der Waals surface area contributed by atoms with Gasteiger partial charge < -0.3 is 14.5 Å². The zero-order valence-electron chi connectivity index (χ0n) is 12.0. The van der Waals surface area contributed by atoms with Gasteiger partial charge >= 0.3 is 0 Å². The van der Waals surface area contributed by atoms with Crippen LogP contribution in [0.3, 0.4) is 0 Å². The lowest BCUT2D eigenvalue weighted by molar-refractivity contribution is 0.127. The second-order valence-electron chi connectivity index (χ2n) is 5.26. The molecule has 1 aliphatic heterocycles. The third-order valence-corrected chi connectivity index (χ3v) is 5.49. The van der Waals surface area contributed by atoms with Crippen LogP contribution in [0.15, 0.2) is 34.7 Å². The van der Waals surface area contributed by atoms with Gasteiger partial charge in [0.2, 0.25) is 0 Å². The molecule has 108 valence electrons. The van der Waals surface area contributed by atoms with Crippen molar-refractivity contribution in [1.29, 1.82) is 0 Å². The Morgan fingerprint density at radius 3 is 2.95 bits per heavy atom. The molecule has 3 atom stereocenters. The van der Waals surface area contributed by atoms with Crippen LogP contribution in [0.2, 0.25) is 0 Å². The van der Waals surface area contributed by atoms with E-state index >= 15 is 0 Å². The summed E-state index contributed by atoms with van der Waals surface area (Å²) in [7, 11) is 1.99. The molecule has 1 saturated heterocycles. The largest absolute Gasteiger partial charge is 0.459 e. The number of fused-ring (bicyclic) bond motifs is 1. The van der Waals surface area contributed by atoms with E-state index < -0.39 is 0 Å². The molecule has 1 fully saturated rings. The Kier molecular flexibility index (Phi) is 4.34. The fraction of sp³-hybridized carbons (Fsp3) is 0.500. The first-order valence-corrected chi connectivity index (χ1v) is 8.21. The first kappa shape index (κ1) is 14.0. The fourth-order valence-electron chi connectivity index (χ4n) is 2.63. The summed E-state index contributed by atoms with van der Waals surface area (Å²) in [5.41, 5.74) is 0.963. The lowest BCUT2D eigenvalue weighted by Crippen LogP contribution is -2.21. The van der Waals surface area contributed by atoms with E-state index in [0.717, 1.165) is 30.1 Å². The summed E-state index contributed by atoms with van der Waals surface area (Å²) < 4.78 is 11.6. The quantitative estimate of drug-likeness (QED) is 0.912. The Hall–Kier alpha value is -0.970. The van der Waals surface area contributed by atoms with Crippen molar-refractivity contribution in [3.05, 3.63) is 36.1 Å². The van der Waals surface area contributed by atoms with Crippen molar-refractivity contribution in [3.8, 4) is 0 Å². The number of rotatable bonds is 5. The molecular formula is C16H21NO2S. The normalized spacial score (nSPS) is 24.3. The lowest BCUT2D eigenvalue weighted by atomic mass is 10.2. The van der Waals surface area contributed by atoms with Gasteiger partial charge in [-0.05, 0) is 32.5 Å². The summed E-state index contributed by atoms with van der Waals surface area (Å²) in [5, 5.41) is 5.14. The molecule has 1 N–H and O–H groups in total. The average molecular weight is 291 g/mol. The third kappa shape index (κ3) is 2.87. The standard InChI is InChI=1S/C16H21NO2S/c1-11-16(7-8-18-11)20-10-13(17-2)15-9-12-5-3-4-6-14(12)19-15/h3-6,9,11,13,16-17H,7-8,10H2,1-2H3. The van der Waals surface area contributed by atoms with Crippen LogP contribution < -0.4 is 5.32 Å².